The zero-order chi connectivity index (χ0) is 49.8. The summed E-state index contributed by atoms with van der Waals surface area (Å²) in [6, 6.07) is 32.0. The van der Waals surface area contributed by atoms with Crippen LogP contribution in [0.5, 0.6) is 11.5 Å². The maximum absolute atomic E-state index is 9.10. The molecule has 0 spiro atoms. The monoisotopic (exact) mass is 991 g/mol. The van der Waals surface area contributed by atoms with Crippen molar-refractivity contribution >= 4 is 56.9 Å². The maximum Gasteiger partial charge on any atom is 0.335 e. The van der Waals surface area contributed by atoms with Gasteiger partial charge in [-0.05, 0) is 99.1 Å². The van der Waals surface area contributed by atoms with E-state index >= 15 is 0 Å². The van der Waals surface area contributed by atoms with Crippen molar-refractivity contribution in [1.82, 2.24) is 14.4 Å². The molecule has 0 unspecified atom stereocenters. The molecule has 62 heavy (non-hydrogen) atoms. The molecular formula is C54H41BN5OPt-3. The Labute approximate surface area is 391 Å². The van der Waals surface area contributed by atoms with Crippen molar-refractivity contribution in [2.45, 2.75) is 26.2 Å². The van der Waals surface area contributed by atoms with Crippen LogP contribution in [-0.2, 0) is 26.5 Å². The van der Waals surface area contributed by atoms with E-state index in [1.165, 1.54) is 0 Å². The van der Waals surface area contributed by atoms with Gasteiger partial charge in [-0.15, -0.1) is 48.1 Å². The van der Waals surface area contributed by atoms with Gasteiger partial charge in [-0.1, -0.05) is 123 Å². The van der Waals surface area contributed by atoms with Crippen LogP contribution in [0.2, 0.25) is 0 Å². The van der Waals surface area contributed by atoms with Crippen molar-refractivity contribution in [3.8, 4) is 17.3 Å². The van der Waals surface area contributed by atoms with Crippen LogP contribution < -0.4 is 14.5 Å². The smallest absolute Gasteiger partial charge is 0.335 e. The Morgan fingerprint density at radius 1 is 0.710 bits per heavy atom. The first kappa shape index (κ1) is 29.4. The predicted molar refractivity (Wildman–Crippen MR) is 250 cm³/mol. The third-order valence-electron chi connectivity index (χ3n) is 11.1. The third kappa shape index (κ3) is 6.97. The minimum Gasteiger partial charge on any atom is -0.509 e. The van der Waals surface area contributed by atoms with Crippen molar-refractivity contribution in [3.05, 3.63) is 229 Å². The molecule has 0 N–H and O–H groups in total. The molecule has 0 aliphatic carbocycles. The normalized spacial score (nSPS) is 16.9. The Morgan fingerprint density at radius 3 is 2.21 bits per heavy atom. The quantitative estimate of drug-likeness (QED) is 0.117. The number of hydrogen-bond donors (Lipinski definition) is 0. The Balaban J connectivity index is 0.00000596. The molecule has 11 rings (SSSR count). The van der Waals surface area contributed by atoms with Crippen LogP contribution in [0.3, 0.4) is 0 Å². The van der Waals surface area contributed by atoms with Gasteiger partial charge < -0.3 is 23.9 Å². The predicted octanol–water partition coefficient (Wildman–Crippen LogP) is 12.9. The van der Waals surface area contributed by atoms with Crippen molar-refractivity contribution in [3.63, 3.8) is 0 Å². The van der Waals surface area contributed by atoms with Gasteiger partial charge in [0.25, 0.3) is 0 Å². The number of allylic oxidation sites excluding steroid dienone is 4. The molecule has 6 nitrogen and oxygen atoms in total. The fourth-order valence-corrected chi connectivity index (χ4v) is 8.20. The summed E-state index contributed by atoms with van der Waals surface area (Å²) < 4.78 is 95.2. The van der Waals surface area contributed by atoms with Crippen molar-refractivity contribution < 1.29 is 39.5 Å². The van der Waals surface area contributed by atoms with Crippen LogP contribution in [0.25, 0.3) is 38.8 Å². The number of rotatable bonds is 7. The fraction of sp³-hybridized carbons (Fsp3) is 0.0741. The first-order chi connectivity index (χ1) is 34.0. The zero-order valence-corrected chi connectivity index (χ0v) is 36.0. The number of benzene rings is 6. The zero-order valence-electron chi connectivity index (χ0n) is 43.7. The van der Waals surface area contributed by atoms with Crippen LogP contribution in [-0.4, -0.2) is 21.2 Å². The first-order valence-corrected chi connectivity index (χ1v) is 19.9. The standard InChI is InChI=1S/C54H41BN5O.Pt/c1-54(2,3)41-27-30-56-52(33-41)60-48-22-11-10-21-46(48)47-26-25-44(35-51(47)60)61-43-20-14-19-42(34-43)58-37-59(50-24-13-12-23-49(50)58)53-45(39-17-8-5-9-18-39)29-32-57-31-28-40(36-55(53)57)38-15-6-4-7-16-38;/h4-33,36-37H,1-3H3;/q-3;/i4D,5D,6D,7D,8D,9D,15D,16D,17D,18D;. The fourth-order valence-electron chi connectivity index (χ4n) is 8.20. The van der Waals surface area contributed by atoms with Crippen LogP contribution in [0.15, 0.2) is 194 Å². The van der Waals surface area contributed by atoms with Gasteiger partial charge in [0.15, 0.2) is 0 Å². The number of pyridine rings is 1. The maximum atomic E-state index is 9.10. The largest absolute Gasteiger partial charge is 0.509 e. The summed E-state index contributed by atoms with van der Waals surface area (Å²) in [6.45, 7) is 7.59. The number of aromatic nitrogens is 2. The van der Waals surface area contributed by atoms with Crippen LogP contribution in [0, 0.1) is 18.8 Å². The average Bonchev–Trinajstić information content (AvgIpc) is 3.92. The van der Waals surface area contributed by atoms with E-state index in [4.69, 9.17) is 23.4 Å². The number of fused-ring (bicyclic) bond motifs is 5. The van der Waals surface area contributed by atoms with E-state index in [-0.39, 0.29) is 49.7 Å². The Kier molecular flexibility index (Phi) is 7.55. The Bertz CT molecular complexity index is 3660. The van der Waals surface area contributed by atoms with Gasteiger partial charge in [0.05, 0.1) is 13.7 Å². The van der Waals surface area contributed by atoms with E-state index < -0.39 is 55.2 Å². The summed E-state index contributed by atoms with van der Waals surface area (Å²) in [5, 5.41) is 2.05. The summed E-state index contributed by atoms with van der Waals surface area (Å²) in [5.41, 5.74) is 6.00. The van der Waals surface area contributed by atoms with E-state index in [2.05, 4.69) is 55.7 Å². The molecule has 3 aliphatic rings. The van der Waals surface area contributed by atoms with Gasteiger partial charge >= 0.3 is 6.85 Å². The average molecular weight is 992 g/mol. The van der Waals surface area contributed by atoms with Crippen LogP contribution in [0.4, 0.5) is 17.1 Å². The molecule has 304 valence electrons. The van der Waals surface area contributed by atoms with Gasteiger partial charge in [-0.25, -0.2) is 4.98 Å². The number of hydrogen-bond acceptors (Lipinski definition) is 5. The first-order valence-electron chi connectivity index (χ1n) is 24.9. The van der Waals surface area contributed by atoms with Gasteiger partial charge in [0, 0.05) is 55.7 Å². The molecule has 0 saturated heterocycles. The Hall–Kier alpha value is -6.82. The molecule has 2 aromatic heterocycles. The van der Waals surface area contributed by atoms with Crippen LogP contribution in [0.1, 0.15) is 51.2 Å². The summed E-state index contributed by atoms with van der Waals surface area (Å²) >= 11 is 0. The second-order valence-corrected chi connectivity index (χ2v) is 15.9. The molecule has 0 bridgehead atoms. The summed E-state index contributed by atoms with van der Waals surface area (Å²) in [7, 11) is 0. The number of ether oxygens (including phenoxy) is 1. The number of anilines is 3. The van der Waals surface area contributed by atoms with E-state index in [0.717, 1.165) is 38.9 Å². The van der Waals surface area contributed by atoms with Crippen molar-refractivity contribution in [2.24, 2.45) is 0 Å². The SMILES string of the molecule is [2H]c1c([2H])c([2H])c(C2=CB3C(N4[CH-]N(c5[c-]c(Oc6[c-]c7c(cc6)c6ccccc6n7-c6cc(C(C)(C)C)ccn6)ccc5)c5ccccc54)=C(c4c([2H])c([2H])c([2H])c([2H])c4[2H])C=CN3C=C2)c([2H])c1[2H].[Pt]. The van der Waals surface area contributed by atoms with Gasteiger partial charge in [-0.2, -0.15) is 12.1 Å². The molecule has 8 aromatic rings. The van der Waals surface area contributed by atoms with Gasteiger partial charge in [0.2, 0.25) is 0 Å². The topological polar surface area (TPSA) is 36.8 Å². The molecule has 0 radical (unpaired) electrons. The second-order valence-electron chi connectivity index (χ2n) is 15.9. The minimum atomic E-state index is -0.777. The van der Waals surface area contributed by atoms with E-state index in [1.54, 1.807) is 30.5 Å². The molecule has 8 heteroatoms. The molecule has 0 saturated carbocycles. The molecular weight excluding hydrogens is 941 g/mol. The van der Waals surface area contributed by atoms with Gasteiger partial charge in [-0.3, -0.25) is 0 Å². The van der Waals surface area contributed by atoms with Crippen molar-refractivity contribution in [1.29, 1.82) is 0 Å². The van der Waals surface area contributed by atoms with Crippen LogP contribution >= 0.6 is 0 Å². The van der Waals surface area contributed by atoms with Crippen molar-refractivity contribution in [2.75, 3.05) is 9.80 Å². The van der Waals surface area contributed by atoms with Gasteiger partial charge in [0.1, 0.15) is 5.82 Å². The number of para-hydroxylation sites is 3. The number of nitrogens with zero attached hydrogens (tertiary/aromatic N) is 5. The Morgan fingerprint density at radius 2 is 1.42 bits per heavy atom. The minimum absolute atomic E-state index is 0. The second kappa shape index (κ2) is 15.9. The van der Waals surface area contributed by atoms with E-state index in [0.29, 0.717) is 39.6 Å². The summed E-state index contributed by atoms with van der Waals surface area (Å²) in [4.78, 5) is 10.5. The molecule has 0 fully saturated rings. The molecule has 0 atom stereocenters. The summed E-state index contributed by atoms with van der Waals surface area (Å²) in [6.07, 6.45) is 8.68. The molecule has 6 aromatic carbocycles. The third-order valence-corrected chi connectivity index (χ3v) is 11.1. The van der Waals surface area contributed by atoms with E-state index in [9.17, 15) is 0 Å². The summed E-state index contributed by atoms with van der Waals surface area (Å²) in [5.74, 6) is 3.41. The molecule has 3 aliphatic heterocycles. The molecule has 5 heterocycles. The molecule has 0 amide bonds. The van der Waals surface area contributed by atoms with E-state index in [1.807, 2.05) is 100 Å².